The molecule has 11 aromatic rings. The molecule has 0 aliphatic carbocycles. The summed E-state index contributed by atoms with van der Waals surface area (Å²) in [4.78, 5) is 15.5. The minimum atomic E-state index is 0.570. The van der Waals surface area contributed by atoms with E-state index in [0.717, 1.165) is 54.9 Å². The van der Waals surface area contributed by atoms with E-state index in [9.17, 15) is 0 Å². The average molecular weight is 671 g/mol. The molecule has 6 heteroatoms. The van der Waals surface area contributed by atoms with E-state index in [1.54, 1.807) is 0 Å². The molecule has 0 atom stereocenters. The van der Waals surface area contributed by atoms with E-state index >= 15 is 0 Å². The molecular weight excluding hydrogens is 645 g/mol. The number of hydrogen-bond acceptors (Lipinski definition) is 5. The van der Waals surface area contributed by atoms with E-state index in [-0.39, 0.29) is 0 Å². The molecule has 0 amide bonds. The molecule has 0 bridgehead atoms. The number of aromatic nitrogens is 4. The molecule has 0 unspecified atom stereocenters. The van der Waals surface area contributed by atoms with Gasteiger partial charge in [-0.1, -0.05) is 103 Å². The van der Waals surface area contributed by atoms with Crippen molar-refractivity contribution >= 4 is 75.3 Å². The van der Waals surface area contributed by atoms with Gasteiger partial charge >= 0.3 is 0 Å². The number of thiophene rings is 1. The van der Waals surface area contributed by atoms with Crippen molar-refractivity contribution in [3.63, 3.8) is 0 Å². The molecule has 4 heterocycles. The van der Waals surface area contributed by atoms with Gasteiger partial charge in [-0.15, -0.1) is 11.3 Å². The monoisotopic (exact) mass is 670 g/mol. The van der Waals surface area contributed by atoms with Crippen LogP contribution in [0.2, 0.25) is 0 Å². The van der Waals surface area contributed by atoms with Crippen LogP contribution in [0.15, 0.2) is 162 Å². The number of furan rings is 1. The second kappa shape index (κ2) is 10.9. The van der Waals surface area contributed by atoms with Crippen LogP contribution in [0.1, 0.15) is 0 Å². The fourth-order valence-electron chi connectivity index (χ4n) is 7.53. The number of fused-ring (bicyclic) bond motifs is 10. The van der Waals surface area contributed by atoms with Crippen molar-refractivity contribution in [3.8, 4) is 39.9 Å². The van der Waals surface area contributed by atoms with Crippen LogP contribution in [0.5, 0.6) is 0 Å². The van der Waals surface area contributed by atoms with Crippen molar-refractivity contribution in [3.05, 3.63) is 158 Å². The minimum absolute atomic E-state index is 0.570. The molecule has 5 nitrogen and oxygen atoms in total. The lowest BCUT2D eigenvalue weighted by molar-refractivity contribution is 0.669. The molecule has 0 spiro atoms. The highest BCUT2D eigenvalue weighted by molar-refractivity contribution is 7.26. The summed E-state index contributed by atoms with van der Waals surface area (Å²) < 4.78 is 11.1. The molecule has 0 saturated heterocycles. The van der Waals surface area contributed by atoms with Gasteiger partial charge in [-0.2, -0.15) is 9.97 Å². The molecule has 11 rings (SSSR count). The predicted octanol–water partition coefficient (Wildman–Crippen LogP) is 12.2. The Morgan fingerprint density at radius 3 is 1.90 bits per heavy atom. The zero-order valence-corrected chi connectivity index (χ0v) is 27.9. The van der Waals surface area contributed by atoms with Crippen molar-refractivity contribution in [2.45, 2.75) is 0 Å². The number of rotatable bonds is 4. The van der Waals surface area contributed by atoms with Gasteiger partial charge in [0, 0.05) is 52.8 Å². The molecule has 0 saturated carbocycles. The van der Waals surface area contributed by atoms with Crippen molar-refractivity contribution in [2.24, 2.45) is 0 Å². The van der Waals surface area contributed by atoms with E-state index in [2.05, 4.69) is 120 Å². The highest BCUT2D eigenvalue weighted by atomic mass is 32.1. The fourth-order valence-corrected chi connectivity index (χ4v) is 8.64. The highest BCUT2D eigenvalue weighted by Crippen LogP contribution is 2.43. The van der Waals surface area contributed by atoms with Crippen LogP contribution in [0, 0.1) is 0 Å². The van der Waals surface area contributed by atoms with Crippen molar-refractivity contribution in [1.29, 1.82) is 0 Å². The first-order chi connectivity index (χ1) is 25.3. The summed E-state index contributed by atoms with van der Waals surface area (Å²) in [5.74, 6) is 1.79. The molecular formula is C45H26N4OS. The summed E-state index contributed by atoms with van der Waals surface area (Å²) in [6.45, 7) is 0. The van der Waals surface area contributed by atoms with Crippen molar-refractivity contribution in [2.75, 3.05) is 0 Å². The SMILES string of the molecule is c1ccc(-c2ccc3c(c2)c2ccccc2n3-c2nc(-c3ccccc3)nc(-c3ccc4oc5ccc6sc7ccccc7c6c5c4c3)n2)cc1. The Bertz CT molecular complexity index is 3140. The zero-order valence-electron chi connectivity index (χ0n) is 27.1. The molecule has 51 heavy (non-hydrogen) atoms. The van der Waals surface area contributed by atoms with Crippen LogP contribution in [-0.4, -0.2) is 19.5 Å². The second-order valence-electron chi connectivity index (χ2n) is 12.8. The minimum Gasteiger partial charge on any atom is -0.456 e. The van der Waals surface area contributed by atoms with Gasteiger partial charge in [0.15, 0.2) is 11.6 Å². The van der Waals surface area contributed by atoms with E-state index < -0.39 is 0 Å². The third-order valence-corrected chi connectivity index (χ3v) is 11.0. The molecule has 0 fully saturated rings. The van der Waals surface area contributed by atoms with Crippen LogP contribution in [0.3, 0.4) is 0 Å². The maximum atomic E-state index is 6.43. The molecule has 0 aliphatic heterocycles. The Morgan fingerprint density at radius 1 is 0.412 bits per heavy atom. The van der Waals surface area contributed by atoms with E-state index in [1.165, 1.54) is 31.3 Å². The molecule has 0 radical (unpaired) electrons. The van der Waals surface area contributed by atoms with E-state index in [4.69, 9.17) is 19.4 Å². The van der Waals surface area contributed by atoms with Crippen LogP contribution in [0.4, 0.5) is 0 Å². The van der Waals surface area contributed by atoms with Gasteiger partial charge in [0.2, 0.25) is 5.95 Å². The summed E-state index contributed by atoms with van der Waals surface area (Å²) in [5, 5.41) is 6.93. The molecule has 0 N–H and O–H groups in total. The summed E-state index contributed by atoms with van der Waals surface area (Å²) >= 11 is 1.81. The van der Waals surface area contributed by atoms with E-state index in [1.807, 2.05) is 53.8 Å². The van der Waals surface area contributed by atoms with E-state index in [0.29, 0.717) is 17.6 Å². The zero-order chi connectivity index (χ0) is 33.5. The maximum absolute atomic E-state index is 6.43. The van der Waals surface area contributed by atoms with Crippen LogP contribution in [0.25, 0.3) is 104 Å². The van der Waals surface area contributed by atoms with Gasteiger partial charge in [0.25, 0.3) is 0 Å². The summed E-state index contributed by atoms with van der Waals surface area (Å²) in [6, 6.07) is 54.9. The smallest absolute Gasteiger partial charge is 0.238 e. The molecule has 238 valence electrons. The Labute approximate surface area is 295 Å². The lowest BCUT2D eigenvalue weighted by Crippen LogP contribution is -2.06. The highest BCUT2D eigenvalue weighted by Gasteiger charge is 2.20. The topological polar surface area (TPSA) is 56.7 Å². The predicted molar refractivity (Wildman–Crippen MR) is 211 cm³/mol. The Hall–Kier alpha value is -6.63. The number of nitrogens with zero attached hydrogens (tertiary/aromatic N) is 4. The number of hydrogen-bond donors (Lipinski definition) is 0. The Balaban J connectivity index is 1.17. The van der Waals surface area contributed by atoms with Gasteiger partial charge in [-0.3, -0.25) is 4.57 Å². The normalized spacial score (nSPS) is 11.9. The first-order valence-corrected chi connectivity index (χ1v) is 17.8. The molecule has 7 aromatic carbocycles. The van der Waals surface area contributed by atoms with Crippen LogP contribution < -0.4 is 0 Å². The quantitative estimate of drug-likeness (QED) is 0.187. The van der Waals surface area contributed by atoms with Crippen LogP contribution in [-0.2, 0) is 0 Å². The third kappa shape index (κ3) is 4.37. The summed E-state index contributed by atoms with van der Waals surface area (Å²) in [5.41, 5.74) is 7.96. The standard InChI is InChI=1S/C45H26N4OS/c1-3-11-27(12-4-1)29-19-21-36-33(25-29)31-15-7-9-17-35(31)49(36)45-47-43(28-13-5-2-6-14-28)46-44(48-45)30-20-22-37-34(26-30)41-38(50-37)23-24-40-42(41)32-16-8-10-18-39(32)51-40/h1-26H. The summed E-state index contributed by atoms with van der Waals surface area (Å²) in [7, 11) is 0. The fraction of sp³-hybridized carbons (Fsp3) is 0. The van der Waals surface area contributed by atoms with Gasteiger partial charge in [-0.25, -0.2) is 4.98 Å². The van der Waals surface area contributed by atoms with Gasteiger partial charge in [-0.05, 0) is 65.7 Å². The first-order valence-electron chi connectivity index (χ1n) is 16.9. The summed E-state index contributed by atoms with van der Waals surface area (Å²) in [6.07, 6.45) is 0. The van der Waals surface area contributed by atoms with Gasteiger partial charge in [0.1, 0.15) is 11.2 Å². The largest absolute Gasteiger partial charge is 0.456 e. The molecule has 4 aromatic heterocycles. The number of benzene rings is 7. The second-order valence-corrected chi connectivity index (χ2v) is 13.9. The third-order valence-electron chi connectivity index (χ3n) is 9.87. The Morgan fingerprint density at radius 2 is 1.06 bits per heavy atom. The first kappa shape index (κ1) is 28.2. The molecule has 0 aliphatic rings. The average Bonchev–Trinajstić information content (AvgIpc) is 3.87. The van der Waals surface area contributed by atoms with Gasteiger partial charge < -0.3 is 4.42 Å². The lowest BCUT2D eigenvalue weighted by atomic mass is 10.0. The Kier molecular flexibility index (Phi) is 6.05. The number of para-hydroxylation sites is 1. The van der Waals surface area contributed by atoms with Crippen molar-refractivity contribution in [1.82, 2.24) is 19.5 Å². The lowest BCUT2D eigenvalue weighted by Gasteiger charge is -2.11. The maximum Gasteiger partial charge on any atom is 0.238 e. The van der Waals surface area contributed by atoms with Crippen molar-refractivity contribution < 1.29 is 4.42 Å². The van der Waals surface area contributed by atoms with Crippen LogP contribution >= 0.6 is 11.3 Å². The van der Waals surface area contributed by atoms with Gasteiger partial charge in [0.05, 0.1) is 11.0 Å².